The summed E-state index contributed by atoms with van der Waals surface area (Å²) < 4.78 is 10.6. The van der Waals surface area contributed by atoms with E-state index in [0.29, 0.717) is 22.4 Å². The zero-order valence-electron chi connectivity index (χ0n) is 16.6. The summed E-state index contributed by atoms with van der Waals surface area (Å²) in [5.41, 5.74) is 1.51. The zero-order valence-corrected chi connectivity index (χ0v) is 16.6. The first-order chi connectivity index (χ1) is 14.6. The number of carbonyl (C=O) groups is 3. The summed E-state index contributed by atoms with van der Waals surface area (Å²) in [5.74, 6) is -0.467. The number of ether oxygens (including phenoxy) is 2. The summed E-state index contributed by atoms with van der Waals surface area (Å²) in [5, 5.41) is 0. The smallest absolute Gasteiger partial charge is 0.307 e. The third-order valence-electron chi connectivity index (χ3n) is 4.62. The molecule has 0 saturated carbocycles. The van der Waals surface area contributed by atoms with Gasteiger partial charge in [0, 0.05) is 23.1 Å². The van der Waals surface area contributed by atoms with Gasteiger partial charge in [0.1, 0.15) is 5.75 Å². The van der Waals surface area contributed by atoms with Crippen LogP contribution in [0.1, 0.15) is 45.2 Å². The standard InChI is InChI=1S/C25H22O5/c1-29-21-14-12-19(13-15-21)24(28)25(20-10-6-3-7-11-20)30-23(27)17-16-22(26)18-8-4-2-5-9-18/h2-15,25H,16-17H2,1H3/t25-/m0/s1. The second kappa shape index (κ2) is 10.2. The van der Waals surface area contributed by atoms with Crippen molar-refractivity contribution >= 4 is 17.5 Å². The lowest BCUT2D eigenvalue weighted by Gasteiger charge is -2.17. The highest BCUT2D eigenvalue weighted by atomic mass is 16.5. The van der Waals surface area contributed by atoms with E-state index in [2.05, 4.69) is 0 Å². The van der Waals surface area contributed by atoms with E-state index < -0.39 is 12.1 Å². The van der Waals surface area contributed by atoms with Crippen LogP contribution in [0.15, 0.2) is 84.9 Å². The summed E-state index contributed by atoms with van der Waals surface area (Å²) in [6.07, 6.45) is -1.17. The lowest BCUT2D eigenvalue weighted by molar-refractivity contribution is -0.147. The van der Waals surface area contributed by atoms with E-state index in [1.807, 2.05) is 12.1 Å². The molecule has 0 bridgehead atoms. The number of benzene rings is 3. The molecule has 0 aliphatic heterocycles. The van der Waals surface area contributed by atoms with E-state index in [4.69, 9.17) is 9.47 Å². The molecule has 0 radical (unpaired) electrons. The molecule has 0 saturated heterocycles. The van der Waals surface area contributed by atoms with Crippen LogP contribution in [0.25, 0.3) is 0 Å². The number of Topliss-reactive ketones (excluding diaryl/α,β-unsaturated/α-hetero) is 2. The largest absolute Gasteiger partial charge is 0.497 e. The fraction of sp³-hybridized carbons (Fsp3) is 0.160. The van der Waals surface area contributed by atoms with Gasteiger partial charge in [0.15, 0.2) is 11.9 Å². The van der Waals surface area contributed by atoms with E-state index in [0.717, 1.165) is 0 Å². The zero-order chi connectivity index (χ0) is 21.3. The Kier molecular flexibility index (Phi) is 7.11. The van der Waals surface area contributed by atoms with E-state index in [1.165, 1.54) is 0 Å². The maximum absolute atomic E-state index is 13.1. The van der Waals surface area contributed by atoms with Gasteiger partial charge >= 0.3 is 5.97 Å². The van der Waals surface area contributed by atoms with Crippen LogP contribution < -0.4 is 4.74 Å². The molecule has 3 rings (SSSR count). The number of ketones is 2. The van der Waals surface area contributed by atoms with Crippen molar-refractivity contribution in [1.29, 1.82) is 0 Å². The van der Waals surface area contributed by atoms with Gasteiger partial charge in [0.05, 0.1) is 13.5 Å². The lowest BCUT2D eigenvalue weighted by atomic mass is 9.99. The van der Waals surface area contributed by atoms with Crippen molar-refractivity contribution < 1.29 is 23.9 Å². The van der Waals surface area contributed by atoms with Crippen molar-refractivity contribution in [3.8, 4) is 5.75 Å². The van der Waals surface area contributed by atoms with Crippen LogP contribution in [0.4, 0.5) is 0 Å². The fourth-order valence-corrected chi connectivity index (χ4v) is 2.98. The van der Waals surface area contributed by atoms with Gasteiger partial charge in [-0.05, 0) is 24.3 Å². The van der Waals surface area contributed by atoms with Crippen LogP contribution in [0.5, 0.6) is 5.75 Å². The van der Waals surface area contributed by atoms with Gasteiger partial charge in [-0.15, -0.1) is 0 Å². The van der Waals surface area contributed by atoms with E-state index in [1.54, 1.807) is 79.9 Å². The number of esters is 1. The van der Waals surface area contributed by atoms with Crippen LogP contribution >= 0.6 is 0 Å². The van der Waals surface area contributed by atoms with Crippen LogP contribution in [0, 0.1) is 0 Å². The number of hydrogen-bond donors (Lipinski definition) is 0. The van der Waals surface area contributed by atoms with Crippen molar-refractivity contribution in [3.05, 3.63) is 102 Å². The van der Waals surface area contributed by atoms with Gasteiger partial charge in [0.25, 0.3) is 0 Å². The number of methoxy groups -OCH3 is 1. The minimum atomic E-state index is -1.08. The molecule has 0 fully saturated rings. The fourth-order valence-electron chi connectivity index (χ4n) is 2.98. The molecule has 0 amide bonds. The van der Waals surface area contributed by atoms with Gasteiger partial charge in [-0.2, -0.15) is 0 Å². The second-order valence-corrected chi connectivity index (χ2v) is 6.66. The Labute approximate surface area is 175 Å². The molecule has 5 heteroatoms. The SMILES string of the molecule is COc1ccc(C(=O)[C@@H](OC(=O)CCC(=O)c2ccccc2)c2ccccc2)cc1. The third kappa shape index (κ3) is 5.41. The predicted molar refractivity (Wildman–Crippen MR) is 113 cm³/mol. The number of rotatable bonds is 9. The maximum Gasteiger partial charge on any atom is 0.307 e. The normalized spacial score (nSPS) is 11.4. The minimum Gasteiger partial charge on any atom is -0.497 e. The molecule has 0 N–H and O–H groups in total. The van der Waals surface area contributed by atoms with Crippen molar-refractivity contribution in [2.75, 3.05) is 7.11 Å². The number of hydrogen-bond acceptors (Lipinski definition) is 5. The molecule has 3 aromatic rings. The van der Waals surface area contributed by atoms with Gasteiger partial charge in [-0.1, -0.05) is 60.7 Å². The Morgan fingerprint density at radius 3 is 1.93 bits per heavy atom. The predicted octanol–water partition coefficient (Wildman–Crippen LogP) is 4.83. The third-order valence-corrected chi connectivity index (χ3v) is 4.62. The molecule has 5 nitrogen and oxygen atoms in total. The molecular weight excluding hydrogens is 380 g/mol. The first-order valence-corrected chi connectivity index (χ1v) is 9.59. The van der Waals surface area contributed by atoms with Crippen LogP contribution in [-0.4, -0.2) is 24.6 Å². The Bertz CT molecular complexity index is 995. The molecule has 0 aliphatic carbocycles. The van der Waals surface area contributed by atoms with Gasteiger partial charge in [-0.25, -0.2) is 0 Å². The molecule has 0 heterocycles. The lowest BCUT2D eigenvalue weighted by Crippen LogP contribution is -2.20. The molecule has 3 aromatic carbocycles. The molecule has 1 atom stereocenters. The summed E-state index contributed by atoms with van der Waals surface area (Å²) in [6, 6.07) is 24.2. The van der Waals surface area contributed by atoms with Gasteiger partial charge in [0.2, 0.25) is 5.78 Å². The Hall–Kier alpha value is -3.73. The van der Waals surface area contributed by atoms with Gasteiger partial charge < -0.3 is 9.47 Å². The average molecular weight is 402 g/mol. The summed E-state index contributed by atoms with van der Waals surface area (Å²) in [7, 11) is 1.54. The topological polar surface area (TPSA) is 69.7 Å². The molecule has 0 aliphatic rings. The first kappa shape index (κ1) is 21.0. The maximum atomic E-state index is 13.1. The summed E-state index contributed by atoms with van der Waals surface area (Å²) >= 11 is 0. The van der Waals surface area contributed by atoms with Crippen molar-refractivity contribution in [1.82, 2.24) is 0 Å². The Morgan fingerprint density at radius 1 is 0.733 bits per heavy atom. The van der Waals surface area contributed by atoms with E-state index in [9.17, 15) is 14.4 Å². The minimum absolute atomic E-state index is 0.0150. The molecule has 0 aromatic heterocycles. The molecule has 0 unspecified atom stereocenters. The summed E-state index contributed by atoms with van der Waals surface area (Å²) in [6.45, 7) is 0. The second-order valence-electron chi connectivity index (χ2n) is 6.66. The first-order valence-electron chi connectivity index (χ1n) is 9.59. The van der Waals surface area contributed by atoms with E-state index >= 15 is 0 Å². The van der Waals surface area contributed by atoms with E-state index in [-0.39, 0.29) is 24.4 Å². The number of carbonyl (C=O) groups excluding carboxylic acids is 3. The van der Waals surface area contributed by atoms with Crippen LogP contribution in [0.3, 0.4) is 0 Å². The molecule has 152 valence electrons. The summed E-state index contributed by atoms with van der Waals surface area (Å²) in [4.78, 5) is 37.7. The molecule has 30 heavy (non-hydrogen) atoms. The molecular formula is C25H22O5. The van der Waals surface area contributed by atoms with Crippen LogP contribution in [0.2, 0.25) is 0 Å². The van der Waals surface area contributed by atoms with Crippen molar-refractivity contribution in [2.45, 2.75) is 18.9 Å². The van der Waals surface area contributed by atoms with Gasteiger partial charge in [-0.3, -0.25) is 14.4 Å². The Balaban J connectivity index is 1.71. The highest BCUT2D eigenvalue weighted by Crippen LogP contribution is 2.24. The average Bonchev–Trinajstić information content (AvgIpc) is 2.81. The van der Waals surface area contributed by atoms with Crippen LogP contribution in [-0.2, 0) is 9.53 Å². The highest BCUT2D eigenvalue weighted by Gasteiger charge is 2.26. The highest BCUT2D eigenvalue weighted by molar-refractivity contribution is 6.01. The van der Waals surface area contributed by atoms with Crippen molar-refractivity contribution in [2.24, 2.45) is 0 Å². The Morgan fingerprint density at radius 2 is 1.33 bits per heavy atom. The van der Waals surface area contributed by atoms with Crippen molar-refractivity contribution in [3.63, 3.8) is 0 Å². The quantitative estimate of drug-likeness (QED) is 0.379. The monoisotopic (exact) mass is 402 g/mol. The molecule has 0 spiro atoms.